The van der Waals surface area contributed by atoms with Crippen molar-refractivity contribution in [1.82, 2.24) is 4.90 Å². The number of ether oxygens (including phenoxy) is 1. The number of nitrogens with zero attached hydrogens (tertiary/aromatic N) is 1. The summed E-state index contributed by atoms with van der Waals surface area (Å²) in [6, 6.07) is 3.28. The Balaban J connectivity index is 2.58. The summed E-state index contributed by atoms with van der Waals surface area (Å²) >= 11 is 12.0. The second-order valence-corrected chi connectivity index (χ2v) is 4.50. The number of likely N-dealkylation sites (N-methyl/N-ethyl adjacent to an activating group) is 1. The Morgan fingerprint density at radius 3 is 2.18 bits per heavy atom. The van der Waals surface area contributed by atoms with Crippen molar-refractivity contribution in [3.63, 3.8) is 0 Å². The van der Waals surface area contributed by atoms with Gasteiger partial charge in [0.25, 0.3) is 0 Å². The minimum atomic E-state index is 0.453. The van der Waals surface area contributed by atoms with Crippen LogP contribution < -0.4 is 10.5 Å². The number of hydrogen-bond acceptors (Lipinski definition) is 3. The van der Waals surface area contributed by atoms with Gasteiger partial charge in [0.05, 0.1) is 10.0 Å². The van der Waals surface area contributed by atoms with E-state index in [0.29, 0.717) is 28.1 Å². The number of halogens is 2. The molecule has 0 fully saturated rings. The number of hydrogen-bond donors (Lipinski definition) is 1. The molecule has 0 saturated heterocycles. The maximum Gasteiger partial charge on any atom is 0.156 e. The standard InChI is InChI=1S/C12H18Cl2N2O/c1-3-16(4-2)5-6-17-12-10(13)7-9(15)8-11(12)14/h7-8H,3-6,15H2,1-2H3. The molecule has 0 radical (unpaired) electrons. The Bertz CT molecular complexity index is 345. The molecule has 0 saturated carbocycles. The zero-order valence-electron chi connectivity index (χ0n) is 10.2. The van der Waals surface area contributed by atoms with Gasteiger partial charge in [-0.1, -0.05) is 37.0 Å². The summed E-state index contributed by atoms with van der Waals surface area (Å²) in [6.45, 7) is 7.65. The SMILES string of the molecule is CCN(CC)CCOc1c(Cl)cc(N)cc1Cl. The highest BCUT2D eigenvalue weighted by molar-refractivity contribution is 6.37. The summed E-state index contributed by atoms with van der Waals surface area (Å²) < 4.78 is 5.60. The summed E-state index contributed by atoms with van der Waals surface area (Å²) in [4.78, 5) is 2.26. The van der Waals surface area contributed by atoms with E-state index in [1.165, 1.54) is 0 Å². The quantitative estimate of drug-likeness (QED) is 0.811. The highest BCUT2D eigenvalue weighted by atomic mass is 35.5. The maximum atomic E-state index is 6.01. The topological polar surface area (TPSA) is 38.5 Å². The fourth-order valence-corrected chi connectivity index (χ4v) is 2.15. The summed E-state index contributed by atoms with van der Waals surface area (Å²) in [5.74, 6) is 0.509. The fraction of sp³-hybridized carbons (Fsp3) is 0.500. The van der Waals surface area contributed by atoms with Gasteiger partial charge in [0.15, 0.2) is 5.75 Å². The van der Waals surface area contributed by atoms with E-state index in [2.05, 4.69) is 18.7 Å². The monoisotopic (exact) mass is 276 g/mol. The zero-order valence-corrected chi connectivity index (χ0v) is 11.7. The Hall–Kier alpha value is -0.640. The van der Waals surface area contributed by atoms with E-state index >= 15 is 0 Å². The van der Waals surface area contributed by atoms with Crippen LogP contribution in [-0.4, -0.2) is 31.1 Å². The Morgan fingerprint density at radius 2 is 1.71 bits per heavy atom. The van der Waals surface area contributed by atoms with Crippen LogP contribution in [0.1, 0.15) is 13.8 Å². The molecule has 1 rings (SSSR count). The first-order valence-corrected chi connectivity index (χ1v) is 6.43. The van der Waals surface area contributed by atoms with Crippen LogP contribution in [0.15, 0.2) is 12.1 Å². The summed E-state index contributed by atoms with van der Waals surface area (Å²) in [5.41, 5.74) is 6.15. The van der Waals surface area contributed by atoms with E-state index in [1.54, 1.807) is 12.1 Å². The van der Waals surface area contributed by atoms with Gasteiger partial charge in [-0.15, -0.1) is 0 Å². The van der Waals surface area contributed by atoms with Crippen LogP contribution in [-0.2, 0) is 0 Å². The Kier molecular flexibility index (Phi) is 5.89. The third kappa shape index (κ3) is 4.26. The molecule has 0 aromatic heterocycles. The van der Waals surface area contributed by atoms with Crippen LogP contribution in [0, 0.1) is 0 Å². The molecule has 0 aliphatic carbocycles. The van der Waals surface area contributed by atoms with Gasteiger partial charge in [-0.25, -0.2) is 0 Å². The summed E-state index contributed by atoms with van der Waals surface area (Å²) in [7, 11) is 0. The van der Waals surface area contributed by atoms with Crippen LogP contribution >= 0.6 is 23.2 Å². The molecule has 0 amide bonds. The van der Waals surface area contributed by atoms with E-state index in [0.717, 1.165) is 19.6 Å². The molecular weight excluding hydrogens is 259 g/mol. The van der Waals surface area contributed by atoms with Crippen LogP contribution in [0.2, 0.25) is 10.0 Å². The third-order valence-electron chi connectivity index (χ3n) is 2.57. The lowest BCUT2D eigenvalue weighted by molar-refractivity contribution is 0.223. The molecule has 3 nitrogen and oxygen atoms in total. The van der Waals surface area contributed by atoms with Crippen LogP contribution in [0.3, 0.4) is 0 Å². The normalized spacial score (nSPS) is 10.9. The van der Waals surface area contributed by atoms with Crippen molar-refractivity contribution < 1.29 is 4.74 Å². The van der Waals surface area contributed by atoms with Gasteiger partial charge in [0.1, 0.15) is 6.61 Å². The van der Waals surface area contributed by atoms with Gasteiger partial charge in [-0.05, 0) is 25.2 Å². The predicted molar refractivity (Wildman–Crippen MR) is 74.2 cm³/mol. The lowest BCUT2D eigenvalue weighted by Gasteiger charge is -2.18. The van der Waals surface area contributed by atoms with E-state index in [-0.39, 0.29) is 0 Å². The molecule has 1 aromatic carbocycles. The number of anilines is 1. The molecule has 0 bridgehead atoms. The zero-order chi connectivity index (χ0) is 12.8. The average Bonchev–Trinajstić information content (AvgIpc) is 2.27. The lowest BCUT2D eigenvalue weighted by atomic mass is 10.3. The van der Waals surface area contributed by atoms with Crippen molar-refractivity contribution in [1.29, 1.82) is 0 Å². The van der Waals surface area contributed by atoms with Crippen molar-refractivity contribution in [2.24, 2.45) is 0 Å². The first kappa shape index (κ1) is 14.4. The van der Waals surface area contributed by atoms with Gasteiger partial charge in [0.2, 0.25) is 0 Å². The van der Waals surface area contributed by atoms with Gasteiger partial charge in [-0.3, -0.25) is 0 Å². The van der Waals surface area contributed by atoms with Crippen molar-refractivity contribution >= 4 is 28.9 Å². The average molecular weight is 277 g/mol. The highest BCUT2D eigenvalue weighted by Gasteiger charge is 2.09. The minimum absolute atomic E-state index is 0.453. The van der Waals surface area contributed by atoms with E-state index in [4.69, 9.17) is 33.7 Å². The van der Waals surface area contributed by atoms with E-state index in [9.17, 15) is 0 Å². The molecule has 1 aromatic rings. The van der Waals surface area contributed by atoms with Crippen LogP contribution in [0.4, 0.5) is 5.69 Å². The molecule has 0 spiro atoms. The van der Waals surface area contributed by atoms with Crippen molar-refractivity contribution in [2.75, 3.05) is 32.0 Å². The molecule has 0 aliphatic rings. The first-order chi connectivity index (χ1) is 8.08. The lowest BCUT2D eigenvalue weighted by Crippen LogP contribution is -2.28. The highest BCUT2D eigenvalue weighted by Crippen LogP contribution is 2.34. The smallest absolute Gasteiger partial charge is 0.156 e. The van der Waals surface area contributed by atoms with Crippen LogP contribution in [0.5, 0.6) is 5.75 Å². The molecule has 17 heavy (non-hydrogen) atoms. The maximum absolute atomic E-state index is 6.01. The number of benzene rings is 1. The van der Waals surface area contributed by atoms with E-state index in [1.807, 2.05) is 0 Å². The van der Waals surface area contributed by atoms with Gasteiger partial charge < -0.3 is 15.4 Å². The number of rotatable bonds is 6. The molecule has 0 atom stereocenters. The van der Waals surface area contributed by atoms with E-state index < -0.39 is 0 Å². The second kappa shape index (κ2) is 6.94. The molecular formula is C12H18Cl2N2O. The van der Waals surface area contributed by atoms with Crippen molar-refractivity contribution in [2.45, 2.75) is 13.8 Å². The predicted octanol–water partition coefficient (Wildman–Crippen LogP) is 3.30. The molecule has 96 valence electrons. The molecule has 0 heterocycles. The number of nitrogens with two attached hydrogens (primary N) is 1. The molecule has 5 heteroatoms. The minimum Gasteiger partial charge on any atom is -0.489 e. The van der Waals surface area contributed by atoms with Gasteiger partial charge in [-0.2, -0.15) is 0 Å². The van der Waals surface area contributed by atoms with Crippen LogP contribution in [0.25, 0.3) is 0 Å². The van der Waals surface area contributed by atoms with Gasteiger partial charge in [0, 0.05) is 12.2 Å². The fourth-order valence-electron chi connectivity index (χ4n) is 1.53. The largest absolute Gasteiger partial charge is 0.489 e. The first-order valence-electron chi connectivity index (χ1n) is 5.68. The van der Waals surface area contributed by atoms with Crippen molar-refractivity contribution in [3.05, 3.63) is 22.2 Å². The Labute approximate surface area is 112 Å². The summed E-state index contributed by atoms with van der Waals surface area (Å²) in [6.07, 6.45) is 0. The Morgan fingerprint density at radius 1 is 1.18 bits per heavy atom. The van der Waals surface area contributed by atoms with Gasteiger partial charge >= 0.3 is 0 Å². The number of nitrogen functional groups attached to an aromatic ring is 1. The second-order valence-electron chi connectivity index (χ2n) is 3.69. The molecule has 0 unspecified atom stereocenters. The van der Waals surface area contributed by atoms with Crippen molar-refractivity contribution in [3.8, 4) is 5.75 Å². The summed E-state index contributed by atoms with van der Waals surface area (Å²) in [5, 5.41) is 0.907. The molecule has 0 aliphatic heterocycles. The third-order valence-corrected chi connectivity index (χ3v) is 3.13. The molecule has 2 N–H and O–H groups in total.